The first kappa shape index (κ1) is 11.1. The number of hydrogen-bond acceptors (Lipinski definition) is 3. The molecule has 3 heteroatoms. The molecule has 0 saturated carbocycles. The lowest BCUT2D eigenvalue weighted by Gasteiger charge is -2.10. The Bertz CT molecular complexity index is 347. The SMILES string of the molecule is CC[C@@H]1CO[C@@H](OC(=O)c2ccccc2)C1. The molecule has 2 atom stereocenters. The number of esters is 1. The Morgan fingerprint density at radius 2 is 2.19 bits per heavy atom. The highest BCUT2D eigenvalue weighted by molar-refractivity contribution is 5.89. The molecule has 2 rings (SSSR count). The molecule has 1 fully saturated rings. The summed E-state index contributed by atoms with van der Waals surface area (Å²) in [6.45, 7) is 2.82. The van der Waals surface area contributed by atoms with Gasteiger partial charge in [0.05, 0.1) is 12.2 Å². The highest BCUT2D eigenvalue weighted by Crippen LogP contribution is 2.23. The van der Waals surface area contributed by atoms with Crippen molar-refractivity contribution < 1.29 is 14.3 Å². The standard InChI is InChI=1S/C13H16O3/c1-2-10-8-12(15-9-10)16-13(14)11-6-4-3-5-7-11/h3-7,10,12H,2,8-9H2,1H3/t10-,12-/m0/s1. The molecule has 0 amide bonds. The van der Waals surface area contributed by atoms with Crippen LogP contribution in [0.1, 0.15) is 30.1 Å². The molecule has 1 aliphatic rings. The van der Waals surface area contributed by atoms with Crippen molar-refractivity contribution in [3.8, 4) is 0 Å². The Morgan fingerprint density at radius 1 is 1.44 bits per heavy atom. The largest absolute Gasteiger partial charge is 0.432 e. The van der Waals surface area contributed by atoms with Gasteiger partial charge in [0.1, 0.15) is 0 Å². The lowest BCUT2D eigenvalue weighted by molar-refractivity contribution is -0.0777. The summed E-state index contributed by atoms with van der Waals surface area (Å²) < 4.78 is 10.7. The van der Waals surface area contributed by atoms with E-state index in [-0.39, 0.29) is 12.3 Å². The van der Waals surface area contributed by atoms with E-state index in [1.807, 2.05) is 18.2 Å². The summed E-state index contributed by atoms with van der Waals surface area (Å²) in [4.78, 5) is 11.7. The highest BCUT2D eigenvalue weighted by Gasteiger charge is 2.27. The third-order valence-corrected chi connectivity index (χ3v) is 2.87. The zero-order valence-corrected chi connectivity index (χ0v) is 9.39. The van der Waals surface area contributed by atoms with Gasteiger partial charge in [0.25, 0.3) is 0 Å². The van der Waals surface area contributed by atoms with Gasteiger partial charge in [-0.1, -0.05) is 31.5 Å². The number of ether oxygens (including phenoxy) is 2. The molecule has 1 heterocycles. The average molecular weight is 220 g/mol. The zero-order valence-electron chi connectivity index (χ0n) is 9.39. The van der Waals surface area contributed by atoms with Gasteiger partial charge in [0.2, 0.25) is 6.29 Å². The normalized spacial score (nSPS) is 24.3. The van der Waals surface area contributed by atoms with Gasteiger partial charge in [-0.2, -0.15) is 0 Å². The molecule has 1 aromatic carbocycles. The second-order valence-electron chi connectivity index (χ2n) is 4.04. The van der Waals surface area contributed by atoms with Gasteiger partial charge in [0.15, 0.2) is 0 Å². The van der Waals surface area contributed by atoms with E-state index in [1.54, 1.807) is 12.1 Å². The van der Waals surface area contributed by atoms with Gasteiger partial charge in [-0.05, 0) is 18.1 Å². The second-order valence-corrected chi connectivity index (χ2v) is 4.04. The van der Waals surface area contributed by atoms with Crippen molar-refractivity contribution in [2.24, 2.45) is 5.92 Å². The molecule has 1 saturated heterocycles. The molecule has 86 valence electrons. The van der Waals surface area contributed by atoms with Crippen LogP contribution in [0.4, 0.5) is 0 Å². The predicted octanol–water partition coefficient (Wildman–Crippen LogP) is 2.62. The van der Waals surface area contributed by atoms with Gasteiger partial charge >= 0.3 is 5.97 Å². The van der Waals surface area contributed by atoms with E-state index in [0.717, 1.165) is 12.8 Å². The molecule has 0 spiro atoms. The van der Waals surface area contributed by atoms with Crippen LogP contribution in [0.5, 0.6) is 0 Å². The molecule has 3 nitrogen and oxygen atoms in total. The van der Waals surface area contributed by atoms with Crippen LogP contribution >= 0.6 is 0 Å². The molecule has 0 aromatic heterocycles. The van der Waals surface area contributed by atoms with E-state index in [9.17, 15) is 4.79 Å². The fourth-order valence-corrected chi connectivity index (χ4v) is 1.78. The molecule has 1 aromatic rings. The molecule has 1 aliphatic heterocycles. The van der Waals surface area contributed by atoms with Gasteiger partial charge < -0.3 is 9.47 Å². The number of carbonyl (C=O) groups excluding carboxylic acids is 1. The summed E-state index contributed by atoms with van der Waals surface area (Å²) in [7, 11) is 0. The number of benzene rings is 1. The van der Waals surface area contributed by atoms with Gasteiger partial charge in [-0.15, -0.1) is 0 Å². The van der Waals surface area contributed by atoms with Crippen LogP contribution in [0.25, 0.3) is 0 Å². The quantitative estimate of drug-likeness (QED) is 0.734. The molecule has 16 heavy (non-hydrogen) atoms. The van der Waals surface area contributed by atoms with Crippen LogP contribution in [0, 0.1) is 5.92 Å². The smallest absolute Gasteiger partial charge is 0.340 e. The van der Waals surface area contributed by atoms with E-state index in [4.69, 9.17) is 9.47 Å². The van der Waals surface area contributed by atoms with Crippen LogP contribution in [0.2, 0.25) is 0 Å². The first-order valence-electron chi connectivity index (χ1n) is 5.67. The monoisotopic (exact) mass is 220 g/mol. The topological polar surface area (TPSA) is 35.5 Å². The Labute approximate surface area is 95.4 Å². The molecular weight excluding hydrogens is 204 g/mol. The number of rotatable bonds is 3. The van der Waals surface area contributed by atoms with Gasteiger partial charge in [-0.3, -0.25) is 0 Å². The van der Waals surface area contributed by atoms with Crippen molar-refractivity contribution in [3.63, 3.8) is 0 Å². The summed E-state index contributed by atoms with van der Waals surface area (Å²) in [5.74, 6) is 0.218. The van der Waals surface area contributed by atoms with Crippen molar-refractivity contribution in [1.82, 2.24) is 0 Å². The molecule has 0 aliphatic carbocycles. The Hall–Kier alpha value is -1.35. The molecule has 0 bridgehead atoms. The van der Waals surface area contributed by atoms with Gasteiger partial charge in [-0.25, -0.2) is 4.79 Å². The van der Waals surface area contributed by atoms with Crippen LogP contribution < -0.4 is 0 Å². The Morgan fingerprint density at radius 3 is 2.81 bits per heavy atom. The van der Waals surface area contributed by atoms with Crippen molar-refractivity contribution >= 4 is 5.97 Å². The minimum Gasteiger partial charge on any atom is -0.432 e. The van der Waals surface area contributed by atoms with Crippen molar-refractivity contribution in [1.29, 1.82) is 0 Å². The predicted molar refractivity (Wildman–Crippen MR) is 60.0 cm³/mol. The van der Waals surface area contributed by atoms with Crippen LogP contribution in [0.3, 0.4) is 0 Å². The molecule has 0 N–H and O–H groups in total. The van der Waals surface area contributed by atoms with Crippen molar-refractivity contribution in [2.45, 2.75) is 26.1 Å². The fourth-order valence-electron chi connectivity index (χ4n) is 1.78. The van der Waals surface area contributed by atoms with E-state index in [1.165, 1.54) is 0 Å². The van der Waals surface area contributed by atoms with Crippen LogP contribution in [0.15, 0.2) is 30.3 Å². The molecule has 0 unspecified atom stereocenters. The Balaban J connectivity index is 1.89. The van der Waals surface area contributed by atoms with E-state index in [2.05, 4.69) is 6.92 Å². The number of hydrogen-bond donors (Lipinski definition) is 0. The third kappa shape index (κ3) is 2.61. The third-order valence-electron chi connectivity index (χ3n) is 2.87. The average Bonchev–Trinajstić information content (AvgIpc) is 2.78. The molecular formula is C13H16O3. The van der Waals surface area contributed by atoms with E-state index in [0.29, 0.717) is 18.1 Å². The summed E-state index contributed by atoms with van der Waals surface area (Å²) in [6.07, 6.45) is 1.52. The first-order chi connectivity index (χ1) is 7.79. The fraction of sp³-hybridized carbons (Fsp3) is 0.462. The second kappa shape index (κ2) is 5.12. The number of carbonyl (C=O) groups is 1. The van der Waals surface area contributed by atoms with Crippen LogP contribution in [-0.4, -0.2) is 18.9 Å². The lowest BCUT2D eigenvalue weighted by Crippen LogP contribution is -2.16. The van der Waals surface area contributed by atoms with Crippen LogP contribution in [-0.2, 0) is 9.47 Å². The minimum atomic E-state index is -0.363. The summed E-state index contributed by atoms with van der Waals surface area (Å²) in [6, 6.07) is 9.00. The summed E-state index contributed by atoms with van der Waals surface area (Å²) in [5, 5.41) is 0. The summed E-state index contributed by atoms with van der Waals surface area (Å²) in [5.41, 5.74) is 0.575. The molecule has 0 radical (unpaired) electrons. The van der Waals surface area contributed by atoms with E-state index >= 15 is 0 Å². The van der Waals surface area contributed by atoms with Crippen molar-refractivity contribution in [3.05, 3.63) is 35.9 Å². The summed E-state index contributed by atoms with van der Waals surface area (Å²) >= 11 is 0. The maximum absolute atomic E-state index is 11.7. The lowest BCUT2D eigenvalue weighted by atomic mass is 10.1. The Kier molecular flexibility index (Phi) is 3.57. The maximum atomic E-state index is 11.7. The van der Waals surface area contributed by atoms with E-state index < -0.39 is 0 Å². The highest BCUT2D eigenvalue weighted by atomic mass is 16.7. The first-order valence-corrected chi connectivity index (χ1v) is 5.67. The van der Waals surface area contributed by atoms with Crippen molar-refractivity contribution in [2.75, 3.05) is 6.61 Å². The zero-order chi connectivity index (χ0) is 11.4. The maximum Gasteiger partial charge on any atom is 0.340 e. The van der Waals surface area contributed by atoms with Gasteiger partial charge in [0, 0.05) is 6.42 Å². The minimum absolute atomic E-state index is 0.303.